The first-order valence-electron chi connectivity index (χ1n) is 13.9. The fourth-order valence-corrected chi connectivity index (χ4v) is 5.16. The van der Waals surface area contributed by atoms with Crippen LogP contribution in [0.3, 0.4) is 0 Å². The molecule has 4 amide bonds. The van der Waals surface area contributed by atoms with Crippen molar-refractivity contribution in [3.8, 4) is 0 Å². The summed E-state index contributed by atoms with van der Waals surface area (Å²) in [5.41, 5.74) is 1.81. The lowest BCUT2D eigenvalue weighted by atomic mass is 10.00. The van der Waals surface area contributed by atoms with Gasteiger partial charge < -0.3 is 16.0 Å². The Morgan fingerprint density at radius 3 is 1.93 bits per heavy atom. The Hall–Kier alpha value is -4.04. The molecule has 0 saturated heterocycles. The van der Waals surface area contributed by atoms with Gasteiger partial charge in [-0.3, -0.25) is 24.1 Å². The Kier molecular flexibility index (Phi) is 9.32. The van der Waals surface area contributed by atoms with Crippen molar-refractivity contribution in [3.05, 3.63) is 83.4 Å². The standard InChI is InChI=1S/C32H38N4O4/c1-20(2)16-27(30(38)35-28(29(37)33-4)17-22-10-6-5-7-11-22)34-21(3)14-15-36-31(39)25-18-23-12-8-9-13-24(23)19-26(25)32(36)40/h5-13,18-21,27-28,34H,14-17H2,1-4H3,(H,33,37)(H,35,38)/t21-,27-,28-/m0/s1. The number of rotatable bonds is 12. The van der Waals surface area contributed by atoms with Crippen LogP contribution in [-0.2, 0) is 16.0 Å². The molecule has 1 aliphatic heterocycles. The van der Waals surface area contributed by atoms with Crippen molar-refractivity contribution in [2.24, 2.45) is 5.92 Å². The van der Waals surface area contributed by atoms with Crippen molar-refractivity contribution in [2.75, 3.05) is 13.6 Å². The van der Waals surface area contributed by atoms with Crippen LogP contribution in [0.1, 0.15) is 59.9 Å². The van der Waals surface area contributed by atoms with Gasteiger partial charge in [0.25, 0.3) is 11.8 Å². The minimum absolute atomic E-state index is 0.162. The van der Waals surface area contributed by atoms with Crippen LogP contribution in [0.25, 0.3) is 10.8 Å². The highest BCUT2D eigenvalue weighted by atomic mass is 16.2. The van der Waals surface area contributed by atoms with E-state index < -0.39 is 12.1 Å². The first-order valence-corrected chi connectivity index (χ1v) is 13.9. The van der Waals surface area contributed by atoms with Crippen LogP contribution in [0, 0.1) is 5.92 Å². The molecule has 3 N–H and O–H groups in total. The SMILES string of the molecule is CNC(=O)[C@H](Cc1ccccc1)NC(=O)[C@H](CC(C)C)N[C@@H](C)CCN1C(=O)c2cc3ccccc3cc2C1=O. The fraction of sp³-hybridized carbons (Fsp3) is 0.375. The third-order valence-electron chi connectivity index (χ3n) is 7.29. The first kappa shape index (κ1) is 29.0. The number of imide groups is 1. The molecule has 0 aliphatic carbocycles. The summed E-state index contributed by atoms with van der Waals surface area (Å²) in [7, 11) is 1.56. The van der Waals surface area contributed by atoms with Gasteiger partial charge in [0.2, 0.25) is 11.8 Å². The van der Waals surface area contributed by atoms with E-state index in [1.807, 2.05) is 75.4 Å². The number of nitrogens with zero attached hydrogens (tertiary/aromatic N) is 1. The van der Waals surface area contributed by atoms with Gasteiger partial charge in [0.15, 0.2) is 0 Å². The lowest BCUT2D eigenvalue weighted by molar-refractivity contribution is -0.130. The number of amides is 4. The van der Waals surface area contributed by atoms with E-state index in [4.69, 9.17) is 0 Å². The first-order chi connectivity index (χ1) is 19.2. The fourth-order valence-electron chi connectivity index (χ4n) is 5.16. The molecular weight excluding hydrogens is 504 g/mol. The van der Waals surface area contributed by atoms with Gasteiger partial charge in [-0.05, 0) is 54.2 Å². The van der Waals surface area contributed by atoms with Crippen LogP contribution in [0.4, 0.5) is 0 Å². The number of nitrogens with one attached hydrogen (secondary N) is 3. The van der Waals surface area contributed by atoms with Crippen LogP contribution >= 0.6 is 0 Å². The van der Waals surface area contributed by atoms with Crippen LogP contribution in [0.2, 0.25) is 0 Å². The second-order valence-electron chi connectivity index (χ2n) is 10.9. The normalized spacial score (nSPS) is 15.2. The topological polar surface area (TPSA) is 108 Å². The number of benzene rings is 3. The number of carbonyl (C=O) groups is 4. The summed E-state index contributed by atoms with van der Waals surface area (Å²) in [5.74, 6) is -0.856. The quantitative estimate of drug-likeness (QED) is 0.303. The van der Waals surface area contributed by atoms with E-state index >= 15 is 0 Å². The van der Waals surface area contributed by atoms with E-state index in [-0.39, 0.29) is 42.1 Å². The van der Waals surface area contributed by atoms with E-state index in [0.29, 0.717) is 30.4 Å². The molecule has 1 heterocycles. The molecule has 0 unspecified atom stereocenters. The molecule has 3 aromatic carbocycles. The van der Waals surface area contributed by atoms with Crippen molar-refractivity contribution < 1.29 is 19.2 Å². The minimum atomic E-state index is -0.708. The van der Waals surface area contributed by atoms with Gasteiger partial charge in [-0.15, -0.1) is 0 Å². The van der Waals surface area contributed by atoms with Crippen LogP contribution in [0.15, 0.2) is 66.7 Å². The van der Waals surface area contributed by atoms with Gasteiger partial charge in [0.05, 0.1) is 17.2 Å². The molecule has 40 heavy (non-hydrogen) atoms. The van der Waals surface area contributed by atoms with Gasteiger partial charge in [-0.1, -0.05) is 68.4 Å². The molecule has 0 aromatic heterocycles. The van der Waals surface area contributed by atoms with Crippen molar-refractivity contribution >= 4 is 34.4 Å². The van der Waals surface area contributed by atoms with Crippen molar-refractivity contribution in [1.82, 2.24) is 20.9 Å². The average Bonchev–Trinajstić information content (AvgIpc) is 3.17. The van der Waals surface area contributed by atoms with Gasteiger partial charge in [-0.25, -0.2) is 0 Å². The predicted molar refractivity (Wildman–Crippen MR) is 156 cm³/mol. The summed E-state index contributed by atoms with van der Waals surface area (Å²) in [6.45, 7) is 6.25. The van der Waals surface area contributed by atoms with Crippen molar-refractivity contribution in [1.29, 1.82) is 0 Å². The lowest BCUT2D eigenvalue weighted by Gasteiger charge is -2.27. The third kappa shape index (κ3) is 6.74. The van der Waals surface area contributed by atoms with Crippen molar-refractivity contribution in [3.63, 3.8) is 0 Å². The lowest BCUT2D eigenvalue weighted by Crippen LogP contribution is -2.55. The van der Waals surface area contributed by atoms with E-state index in [1.54, 1.807) is 19.2 Å². The Balaban J connectivity index is 1.40. The highest BCUT2D eigenvalue weighted by molar-refractivity contribution is 6.23. The van der Waals surface area contributed by atoms with Gasteiger partial charge in [0, 0.05) is 26.1 Å². The molecule has 0 fully saturated rings. The van der Waals surface area contributed by atoms with E-state index in [1.165, 1.54) is 4.90 Å². The number of hydrogen-bond donors (Lipinski definition) is 3. The Bertz CT molecular complexity index is 1330. The summed E-state index contributed by atoms with van der Waals surface area (Å²) in [6, 6.07) is 19.4. The molecule has 0 radical (unpaired) electrons. The smallest absolute Gasteiger partial charge is 0.261 e. The summed E-state index contributed by atoms with van der Waals surface area (Å²) in [4.78, 5) is 53.4. The summed E-state index contributed by atoms with van der Waals surface area (Å²) < 4.78 is 0. The Morgan fingerprint density at radius 2 is 1.38 bits per heavy atom. The Morgan fingerprint density at radius 1 is 0.800 bits per heavy atom. The number of fused-ring (bicyclic) bond motifs is 2. The molecule has 8 nitrogen and oxygen atoms in total. The second kappa shape index (κ2) is 12.9. The molecule has 3 aromatic rings. The largest absolute Gasteiger partial charge is 0.357 e. The molecule has 1 aliphatic rings. The molecule has 8 heteroatoms. The van der Waals surface area contributed by atoms with E-state index in [0.717, 1.165) is 16.3 Å². The highest BCUT2D eigenvalue weighted by Crippen LogP contribution is 2.28. The molecule has 0 bridgehead atoms. The maximum absolute atomic E-state index is 13.4. The van der Waals surface area contributed by atoms with Gasteiger partial charge in [0.1, 0.15) is 6.04 Å². The van der Waals surface area contributed by atoms with Crippen LogP contribution in [-0.4, -0.2) is 60.2 Å². The molecular formula is C32H38N4O4. The maximum atomic E-state index is 13.4. The number of hydrogen-bond acceptors (Lipinski definition) is 5. The Labute approximate surface area is 235 Å². The zero-order chi connectivity index (χ0) is 28.8. The summed E-state index contributed by atoms with van der Waals surface area (Å²) >= 11 is 0. The summed E-state index contributed by atoms with van der Waals surface area (Å²) in [5, 5.41) is 10.8. The second-order valence-corrected chi connectivity index (χ2v) is 10.9. The van der Waals surface area contributed by atoms with E-state index in [2.05, 4.69) is 16.0 Å². The zero-order valence-corrected chi connectivity index (χ0v) is 23.6. The van der Waals surface area contributed by atoms with Crippen LogP contribution in [0.5, 0.6) is 0 Å². The van der Waals surface area contributed by atoms with E-state index in [9.17, 15) is 19.2 Å². The minimum Gasteiger partial charge on any atom is -0.357 e. The average molecular weight is 543 g/mol. The number of carbonyl (C=O) groups excluding carboxylic acids is 4. The predicted octanol–water partition coefficient (Wildman–Crippen LogP) is 3.69. The monoisotopic (exact) mass is 542 g/mol. The molecule has 3 atom stereocenters. The van der Waals surface area contributed by atoms with Crippen LogP contribution < -0.4 is 16.0 Å². The summed E-state index contributed by atoms with van der Waals surface area (Å²) in [6.07, 6.45) is 1.43. The molecule has 210 valence electrons. The zero-order valence-electron chi connectivity index (χ0n) is 23.6. The highest BCUT2D eigenvalue weighted by Gasteiger charge is 2.36. The van der Waals surface area contributed by atoms with Gasteiger partial charge >= 0.3 is 0 Å². The van der Waals surface area contributed by atoms with Gasteiger partial charge in [-0.2, -0.15) is 0 Å². The molecule has 0 spiro atoms. The van der Waals surface area contributed by atoms with Crippen molar-refractivity contribution in [2.45, 2.75) is 58.2 Å². The molecule has 0 saturated carbocycles. The molecule has 4 rings (SSSR count). The third-order valence-corrected chi connectivity index (χ3v) is 7.29. The maximum Gasteiger partial charge on any atom is 0.261 e. The number of likely N-dealkylation sites (N-methyl/N-ethyl adjacent to an activating group) is 1.